The molecule has 0 bridgehead atoms. The predicted molar refractivity (Wildman–Crippen MR) is 135 cm³/mol. The van der Waals surface area contributed by atoms with Gasteiger partial charge in [0.2, 0.25) is 0 Å². The van der Waals surface area contributed by atoms with Crippen LogP contribution in [0.3, 0.4) is 0 Å². The number of fused-ring (bicyclic) bond motifs is 4. The van der Waals surface area contributed by atoms with Crippen molar-refractivity contribution < 1.29 is 18.0 Å². The number of benzene rings is 3. The van der Waals surface area contributed by atoms with Gasteiger partial charge in [0.1, 0.15) is 22.5 Å². The molecule has 1 aliphatic rings. The number of furan rings is 3. The summed E-state index contributed by atoms with van der Waals surface area (Å²) in [6.07, 6.45) is -0.190. The van der Waals surface area contributed by atoms with Crippen molar-refractivity contribution in [3.05, 3.63) is 87.0 Å². The maximum atomic E-state index is 6.35. The van der Waals surface area contributed by atoms with Crippen LogP contribution < -0.4 is 4.74 Å². The standard InChI is InChI=1S/C27H16Br2O4/c1-13-15-7-3-5-9-19(15)31-25(13)27-24(29)17-12-20-16(11-21(17)33-27)23(28)26(32-20)22-10-14-6-2-4-8-18(14)30-22/h2-13,25H,1H3. The van der Waals surface area contributed by atoms with Gasteiger partial charge in [-0.3, -0.25) is 0 Å². The quantitative estimate of drug-likeness (QED) is 0.210. The Bertz CT molecular complexity index is 1670. The van der Waals surface area contributed by atoms with Crippen molar-refractivity contribution in [2.75, 3.05) is 0 Å². The molecule has 3 aromatic carbocycles. The second-order valence-electron chi connectivity index (χ2n) is 8.38. The maximum Gasteiger partial charge on any atom is 0.184 e. The molecular weight excluding hydrogens is 548 g/mol. The maximum absolute atomic E-state index is 6.35. The molecule has 0 fully saturated rings. The SMILES string of the molecule is CC1c2ccccc2OC1c1oc2cc3c(Br)c(-c4cc5ccccc5o4)oc3cc2c1Br. The van der Waals surface area contributed by atoms with Crippen LogP contribution >= 0.6 is 31.9 Å². The summed E-state index contributed by atoms with van der Waals surface area (Å²) >= 11 is 7.49. The monoisotopic (exact) mass is 562 g/mol. The minimum atomic E-state index is -0.190. The fraction of sp³-hybridized carbons (Fsp3) is 0.111. The van der Waals surface area contributed by atoms with Crippen LogP contribution in [0.4, 0.5) is 0 Å². The third kappa shape index (κ3) is 2.80. The predicted octanol–water partition coefficient (Wildman–Crippen LogP) is 9.35. The summed E-state index contributed by atoms with van der Waals surface area (Å²) in [5.74, 6) is 3.23. The molecule has 1 aliphatic heterocycles. The molecule has 4 nitrogen and oxygen atoms in total. The highest BCUT2D eigenvalue weighted by Crippen LogP contribution is 2.50. The first-order valence-corrected chi connectivity index (χ1v) is 12.3. The third-order valence-electron chi connectivity index (χ3n) is 6.43. The van der Waals surface area contributed by atoms with Crippen molar-refractivity contribution in [3.63, 3.8) is 0 Å². The Kier molecular flexibility index (Phi) is 4.15. The summed E-state index contributed by atoms with van der Waals surface area (Å²) in [4.78, 5) is 0. The molecule has 162 valence electrons. The largest absolute Gasteiger partial charge is 0.482 e. The lowest BCUT2D eigenvalue weighted by molar-refractivity contribution is 0.186. The van der Waals surface area contributed by atoms with E-state index in [1.54, 1.807) is 0 Å². The molecular formula is C27H16Br2O4. The van der Waals surface area contributed by atoms with Gasteiger partial charge in [0.15, 0.2) is 23.4 Å². The smallest absolute Gasteiger partial charge is 0.184 e. The average Bonchev–Trinajstić information content (AvgIpc) is 3.56. The van der Waals surface area contributed by atoms with E-state index in [1.807, 2.05) is 60.7 Å². The van der Waals surface area contributed by atoms with E-state index in [0.717, 1.165) is 53.4 Å². The van der Waals surface area contributed by atoms with Crippen LogP contribution in [0.5, 0.6) is 5.75 Å². The van der Waals surface area contributed by atoms with Crippen molar-refractivity contribution in [1.29, 1.82) is 0 Å². The highest BCUT2D eigenvalue weighted by molar-refractivity contribution is 9.11. The molecule has 6 aromatic rings. The van der Waals surface area contributed by atoms with Crippen molar-refractivity contribution in [3.8, 4) is 17.3 Å². The van der Waals surface area contributed by atoms with Crippen LogP contribution in [0, 0.1) is 0 Å². The number of halogens is 2. The molecule has 2 atom stereocenters. The molecule has 0 spiro atoms. The van der Waals surface area contributed by atoms with Gasteiger partial charge in [0.25, 0.3) is 0 Å². The first kappa shape index (κ1) is 19.5. The lowest BCUT2D eigenvalue weighted by Gasteiger charge is -2.13. The van der Waals surface area contributed by atoms with E-state index in [-0.39, 0.29) is 12.0 Å². The average molecular weight is 564 g/mol. The normalized spacial score (nSPS) is 17.8. The number of rotatable bonds is 2. The summed E-state index contributed by atoms with van der Waals surface area (Å²) in [5, 5.41) is 2.91. The summed E-state index contributed by atoms with van der Waals surface area (Å²) in [5.41, 5.74) is 3.55. The molecule has 7 rings (SSSR count). The molecule has 0 N–H and O–H groups in total. The van der Waals surface area contributed by atoms with E-state index in [0.29, 0.717) is 11.5 Å². The topological polar surface area (TPSA) is 48.7 Å². The number of hydrogen-bond acceptors (Lipinski definition) is 4. The first-order valence-electron chi connectivity index (χ1n) is 10.7. The lowest BCUT2D eigenvalue weighted by atomic mass is 9.96. The molecule has 4 heterocycles. The Morgan fingerprint density at radius 2 is 1.45 bits per heavy atom. The highest BCUT2D eigenvalue weighted by Gasteiger charge is 2.36. The van der Waals surface area contributed by atoms with E-state index in [2.05, 4.69) is 44.8 Å². The summed E-state index contributed by atoms with van der Waals surface area (Å²) in [7, 11) is 0. The molecule has 6 heteroatoms. The summed E-state index contributed by atoms with van der Waals surface area (Å²) in [6, 6.07) is 22.1. The van der Waals surface area contributed by atoms with E-state index < -0.39 is 0 Å². The summed E-state index contributed by atoms with van der Waals surface area (Å²) < 4.78 is 26.6. The molecule has 33 heavy (non-hydrogen) atoms. The van der Waals surface area contributed by atoms with E-state index >= 15 is 0 Å². The Hall–Kier alpha value is -2.96. The van der Waals surface area contributed by atoms with Gasteiger partial charge in [-0.1, -0.05) is 43.3 Å². The van der Waals surface area contributed by atoms with Gasteiger partial charge in [-0.25, -0.2) is 0 Å². The van der Waals surface area contributed by atoms with E-state index in [1.165, 1.54) is 5.56 Å². The zero-order valence-corrected chi connectivity index (χ0v) is 20.6. The second kappa shape index (κ2) is 7.02. The molecule has 0 saturated heterocycles. The van der Waals surface area contributed by atoms with Crippen molar-refractivity contribution in [2.24, 2.45) is 0 Å². The Morgan fingerprint density at radius 3 is 2.27 bits per heavy atom. The van der Waals surface area contributed by atoms with Crippen molar-refractivity contribution in [1.82, 2.24) is 0 Å². The molecule has 2 unspecified atom stereocenters. The van der Waals surface area contributed by atoms with Gasteiger partial charge >= 0.3 is 0 Å². The van der Waals surface area contributed by atoms with E-state index in [4.69, 9.17) is 18.0 Å². The zero-order chi connectivity index (χ0) is 22.3. The van der Waals surface area contributed by atoms with Crippen LogP contribution in [0.1, 0.15) is 30.3 Å². The summed E-state index contributed by atoms with van der Waals surface area (Å²) in [6.45, 7) is 2.16. The second-order valence-corrected chi connectivity index (χ2v) is 9.97. The molecule has 0 radical (unpaired) electrons. The zero-order valence-electron chi connectivity index (χ0n) is 17.4. The van der Waals surface area contributed by atoms with Gasteiger partial charge in [-0.2, -0.15) is 0 Å². The third-order valence-corrected chi connectivity index (χ3v) is 8.03. The van der Waals surface area contributed by atoms with Crippen LogP contribution in [-0.4, -0.2) is 0 Å². The Balaban J connectivity index is 1.35. The van der Waals surface area contributed by atoms with Crippen LogP contribution in [0.15, 0.2) is 88.9 Å². The molecule has 0 saturated carbocycles. The lowest BCUT2D eigenvalue weighted by Crippen LogP contribution is -2.06. The fourth-order valence-corrected chi connectivity index (χ4v) is 5.93. The van der Waals surface area contributed by atoms with Gasteiger partial charge < -0.3 is 18.0 Å². The first-order chi connectivity index (χ1) is 16.1. The molecule has 3 aromatic heterocycles. The fourth-order valence-electron chi connectivity index (χ4n) is 4.73. The van der Waals surface area contributed by atoms with Crippen molar-refractivity contribution >= 4 is 64.8 Å². The van der Waals surface area contributed by atoms with Crippen LogP contribution in [0.25, 0.3) is 44.4 Å². The van der Waals surface area contributed by atoms with Crippen molar-refractivity contribution in [2.45, 2.75) is 18.9 Å². The molecule has 0 aliphatic carbocycles. The number of ether oxygens (including phenoxy) is 1. The number of hydrogen-bond donors (Lipinski definition) is 0. The van der Waals surface area contributed by atoms with E-state index in [9.17, 15) is 0 Å². The molecule has 0 amide bonds. The van der Waals surface area contributed by atoms with Gasteiger partial charge in [-0.05, 0) is 62.2 Å². The Labute approximate surface area is 205 Å². The van der Waals surface area contributed by atoms with Crippen LogP contribution in [0.2, 0.25) is 0 Å². The van der Waals surface area contributed by atoms with Gasteiger partial charge in [-0.15, -0.1) is 0 Å². The van der Waals surface area contributed by atoms with Gasteiger partial charge in [0.05, 0.1) is 8.95 Å². The minimum Gasteiger partial charge on any atom is -0.482 e. The van der Waals surface area contributed by atoms with Gasteiger partial charge in [0, 0.05) is 27.6 Å². The highest BCUT2D eigenvalue weighted by atomic mass is 79.9. The minimum absolute atomic E-state index is 0.187. The Morgan fingerprint density at radius 1 is 0.727 bits per heavy atom. The number of para-hydroxylation sites is 2. The van der Waals surface area contributed by atoms with Crippen LogP contribution in [-0.2, 0) is 0 Å².